The largest absolute Gasteiger partial charge is 0.384 e. The summed E-state index contributed by atoms with van der Waals surface area (Å²) in [6.45, 7) is 0.226. The number of carbonyl (C=O) groups is 3. The van der Waals surface area contributed by atoms with Crippen LogP contribution in [0.2, 0.25) is 0 Å². The molecule has 0 bridgehead atoms. The Morgan fingerprint density at radius 2 is 1.92 bits per heavy atom. The van der Waals surface area contributed by atoms with E-state index in [0.29, 0.717) is 27.2 Å². The van der Waals surface area contributed by atoms with E-state index in [-0.39, 0.29) is 6.54 Å². The molecule has 0 spiro atoms. The van der Waals surface area contributed by atoms with Crippen LogP contribution in [0.1, 0.15) is 20.7 Å². The zero-order valence-electron chi connectivity index (χ0n) is 13.2. The molecule has 2 aromatic rings. The van der Waals surface area contributed by atoms with Gasteiger partial charge >= 0.3 is 0 Å². The zero-order valence-corrected chi connectivity index (χ0v) is 14.9. The number of anilines is 1. The molecule has 3 rings (SSSR count). The van der Waals surface area contributed by atoms with Gasteiger partial charge < -0.3 is 4.74 Å². The predicted octanol–water partition coefficient (Wildman–Crippen LogP) is 1.51. The van der Waals surface area contributed by atoms with Crippen LogP contribution in [-0.2, 0) is 9.53 Å². The Morgan fingerprint density at radius 3 is 2.56 bits per heavy atom. The molecule has 1 aromatic carbocycles. The maximum atomic E-state index is 12.2. The number of imide groups is 1. The molecule has 2 heterocycles. The van der Waals surface area contributed by atoms with E-state index in [9.17, 15) is 14.4 Å². The third kappa shape index (κ3) is 3.86. The molecule has 1 aliphatic rings. The standard InChI is InChI=1S/C15H14N4O4S2/c1-23-6-7-24-15-18-17-14(25-15)16-11(20)8-19-12(21)9-4-2-3-5-10(9)13(19)22/h2-5H,6-8H2,1H3,(H,16,17,20). The minimum absolute atomic E-state index is 0.313. The first-order chi connectivity index (χ1) is 12.1. The van der Waals surface area contributed by atoms with E-state index < -0.39 is 17.7 Å². The Bertz CT molecular complexity index is 788. The maximum Gasteiger partial charge on any atom is 0.262 e. The summed E-state index contributed by atoms with van der Waals surface area (Å²) in [7, 11) is 1.62. The van der Waals surface area contributed by atoms with Gasteiger partial charge in [-0.2, -0.15) is 0 Å². The highest BCUT2D eigenvalue weighted by atomic mass is 32.2. The molecule has 1 aliphatic heterocycles. The fourth-order valence-electron chi connectivity index (χ4n) is 2.22. The van der Waals surface area contributed by atoms with Crippen molar-refractivity contribution in [1.29, 1.82) is 0 Å². The molecule has 130 valence electrons. The molecule has 25 heavy (non-hydrogen) atoms. The average molecular weight is 378 g/mol. The van der Waals surface area contributed by atoms with Gasteiger partial charge in [-0.25, -0.2) is 0 Å². The summed E-state index contributed by atoms with van der Waals surface area (Å²) < 4.78 is 5.65. The monoisotopic (exact) mass is 378 g/mol. The van der Waals surface area contributed by atoms with Gasteiger partial charge in [-0.1, -0.05) is 35.2 Å². The van der Waals surface area contributed by atoms with Gasteiger partial charge in [0.15, 0.2) is 4.34 Å². The van der Waals surface area contributed by atoms with Crippen LogP contribution in [0.5, 0.6) is 0 Å². The number of thioether (sulfide) groups is 1. The fraction of sp³-hybridized carbons (Fsp3) is 0.267. The minimum Gasteiger partial charge on any atom is -0.384 e. The summed E-state index contributed by atoms with van der Waals surface area (Å²) in [6, 6.07) is 6.50. The Kier molecular flexibility index (Phi) is 5.41. The normalized spacial score (nSPS) is 13.2. The first kappa shape index (κ1) is 17.5. The van der Waals surface area contributed by atoms with Crippen molar-refractivity contribution in [2.75, 3.05) is 31.3 Å². The topological polar surface area (TPSA) is 101 Å². The Hall–Kier alpha value is -2.30. The summed E-state index contributed by atoms with van der Waals surface area (Å²) in [5.74, 6) is -0.708. The lowest BCUT2D eigenvalue weighted by molar-refractivity contribution is -0.116. The van der Waals surface area contributed by atoms with Crippen LogP contribution in [0.25, 0.3) is 0 Å². The first-order valence-corrected chi connectivity index (χ1v) is 9.10. The second kappa shape index (κ2) is 7.72. The van der Waals surface area contributed by atoms with Gasteiger partial charge in [0, 0.05) is 12.9 Å². The predicted molar refractivity (Wildman–Crippen MR) is 92.9 cm³/mol. The minimum atomic E-state index is -0.501. The summed E-state index contributed by atoms with van der Waals surface area (Å²) in [5, 5.41) is 10.7. The number of nitrogens with zero attached hydrogens (tertiary/aromatic N) is 3. The van der Waals surface area contributed by atoms with Gasteiger partial charge in [-0.05, 0) is 12.1 Å². The number of fused-ring (bicyclic) bond motifs is 1. The van der Waals surface area contributed by atoms with Crippen molar-refractivity contribution >= 4 is 46.0 Å². The van der Waals surface area contributed by atoms with Crippen LogP contribution in [0, 0.1) is 0 Å². The number of amides is 3. The van der Waals surface area contributed by atoms with E-state index in [4.69, 9.17) is 4.74 Å². The molecule has 10 heteroatoms. The molecule has 0 aliphatic carbocycles. The Balaban J connectivity index is 1.59. The maximum absolute atomic E-state index is 12.2. The molecule has 3 amide bonds. The van der Waals surface area contributed by atoms with Crippen LogP contribution < -0.4 is 5.32 Å². The number of benzene rings is 1. The van der Waals surface area contributed by atoms with Crippen LogP contribution >= 0.6 is 23.1 Å². The lowest BCUT2D eigenvalue weighted by Gasteiger charge is -2.12. The number of hydrogen-bond donors (Lipinski definition) is 1. The average Bonchev–Trinajstić information content (AvgIpc) is 3.14. The van der Waals surface area contributed by atoms with Crippen LogP contribution in [0.4, 0.5) is 5.13 Å². The third-order valence-corrected chi connectivity index (χ3v) is 5.28. The van der Waals surface area contributed by atoms with Crippen LogP contribution in [0.15, 0.2) is 28.6 Å². The molecule has 1 aromatic heterocycles. The number of methoxy groups -OCH3 is 1. The highest BCUT2D eigenvalue weighted by molar-refractivity contribution is 8.01. The molecule has 1 N–H and O–H groups in total. The number of carbonyl (C=O) groups excluding carboxylic acids is 3. The van der Waals surface area contributed by atoms with Crippen molar-refractivity contribution in [3.05, 3.63) is 35.4 Å². The van der Waals surface area contributed by atoms with E-state index in [1.54, 1.807) is 31.4 Å². The van der Waals surface area contributed by atoms with Crippen molar-refractivity contribution < 1.29 is 19.1 Å². The highest BCUT2D eigenvalue weighted by Crippen LogP contribution is 2.26. The summed E-state index contributed by atoms with van der Waals surface area (Å²) in [5.41, 5.74) is 0.626. The fourth-order valence-corrected chi connectivity index (χ4v) is 3.96. The number of rotatable bonds is 7. The Labute approximate surface area is 151 Å². The molecule has 8 nitrogen and oxygen atoms in total. The third-order valence-electron chi connectivity index (χ3n) is 3.35. The molecule has 0 atom stereocenters. The molecular weight excluding hydrogens is 364 g/mol. The molecule has 0 saturated heterocycles. The highest BCUT2D eigenvalue weighted by Gasteiger charge is 2.36. The summed E-state index contributed by atoms with van der Waals surface area (Å²) >= 11 is 2.69. The first-order valence-electron chi connectivity index (χ1n) is 7.30. The van der Waals surface area contributed by atoms with Gasteiger partial charge in [-0.15, -0.1) is 10.2 Å². The summed E-state index contributed by atoms with van der Waals surface area (Å²) in [6.07, 6.45) is 0. The quantitative estimate of drug-likeness (QED) is 0.337. The van der Waals surface area contributed by atoms with Crippen LogP contribution in [0.3, 0.4) is 0 Å². The zero-order chi connectivity index (χ0) is 17.8. The lowest BCUT2D eigenvalue weighted by Crippen LogP contribution is -2.37. The van der Waals surface area contributed by atoms with Crippen molar-refractivity contribution in [2.24, 2.45) is 0 Å². The van der Waals surface area contributed by atoms with Crippen molar-refractivity contribution in [3.63, 3.8) is 0 Å². The second-order valence-electron chi connectivity index (χ2n) is 5.00. The summed E-state index contributed by atoms with van der Waals surface area (Å²) in [4.78, 5) is 37.5. The van der Waals surface area contributed by atoms with E-state index >= 15 is 0 Å². The van der Waals surface area contributed by atoms with Gasteiger partial charge in [0.25, 0.3) is 11.8 Å². The number of nitrogens with one attached hydrogen (secondary N) is 1. The smallest absolute Gasteiger partial charge is 0.262 e. The molecule has 0 saturated carbocycles. The number of aromatic nitrogens is 2. The van der Waals surface area contributed by atoms with E-state index in [1.165, 1.54) is 23.1 Å². The van der Waals surface area contributed by atoms with Crippen molar-refractivity contribution in [3.8, 4) is 0 Å². The van der Waals surface area contributed by atoms with Gasteiger partial charge in [-0.3, -0.25) is 24.6 Å². The lowest BCUT2D eigenvalue weighted by atomic mass is 10.1. The Morgan fingerprint density at radius 1 is 1.24 bits per heavy atom. The molecule has 0 radical (unpaired) electrons. The van der Waals surface area contributed by atoms with Crippen LogP contribution in [-0.4, -0.2) is 58.8 Å². The van der Waals surface area contributed by atoms with Gasteiger partial charge in [0.1, 0.15) is 6.54 Å². The van der Waals surface area contributed by atoms with E-state index in [1.807, 2.05) is 0 Å². The second-order valence-corrected chi connectivity index (χ2v) is 7.32. The molecule has 0 fully saturated rings. The van der Waals surface area contributed by atoms with Gasteiger partial charge in [0.05, 0.1) is 17.7 Å². The number of ether oxygens (including phenoxy) is 1. The van der Waals surface area contributed by atoms with E-state index in [2.05, 4.69) is 15.5 Å². The number of hydrogen-bond acceptors (Lipinski definition) is 8. The molecular formula is C15H14N4O4S2. The van der Waals surface area contributed by atoms with Gasteiger partial charge in [0.2, 0.25) is 11.0 Å². The SMILES string of the molecule is COCCSc1nnc(NC(=O)CN2C(=O)c3ccccc3C2=O)s1. The molecule has 0 unspecified atom stereocenters. The van der Waals surface area contributed by atoms with Crippen molar-refractivity contribution in [2.45, 2.75) is 4.34 Å². The van der Waals surface area contributed by atoms with Crippen molar-refractivity contribution in [1.82, 2.24) is 15.1 Å². The van der Waals surface area contributed by atoms with E-state index in [0.717, 1.165) is 10.7 Å².